The highest BCUT2D eigenvalue weighted by molar-refractivity contribution is 7.17. The maximum Gasteiger partial charge on any atom is 0.275 e. The van der Waals surface area contributed by atoms with Crippen molar-refractivity contribution in [2.45, 2.75) is 13.8 Å². The maximum absolute atomic E-state index is 12.2. The first-order chi connectivity index (χ1) is 10.4. The first kappa shape index (κ1) is 14.2. The first-order valence-electron chi connectivity index (χ1n) is 6.45. The zero-order valence-electron chi connectivity index (χ0n) is 11.9. The van der Waals surface area contributed by atoms with Gasteiger partial charge in [0.15, 0.2) is 4.96 Å². The number of hydrogen-bond donors (Lipinski definition) is 1. The van der Waals surface area contributed by atoms with E-state index in [1.807, 2.05) is 13.1 Å². The van der Waals surface area contributed by atoms with Crippen LogP contribution in [0.3, 0.4) is 0 Å². The average Bonchev–Trinajstić information content (AvgIpc) is 2.98. The van der Waals surface area contributed by atoms with Crippen molar-refractivity contribution in [2.75, 3.05) is 5.32 Å². The van der Waals surface area contributed by atoms with Gasteiger partial charge < -0.3 is 5.32 Å². The van der Waals surface area contributed by atoms with Crippen LogP contribution in [0.4, 0.5) is 11.4 Å². The van der Waals surface area contributed by atoms with Crippen LogP contribution in [-0.4, -0.2) is 20.2 Å². The molecule has 0 fully saturated rings. The largest absolute Gasteiger partial charge is 0.320 e. The van der Waals surface area contributed by atoms with Crippen LogP contribution in [0.5, 0.6) is 0 Å². The van der Waals surface area contributed by atoms with Gasteiger partial charge in [0.2, 0.25) is 0 Å². The Bertz CT molecular complexity index is 865. The fourth-order valence-electron chi connectivity index (χ4n) is 2.06. The summed E-state index contributed by atoms with van der Waals surface area (Å²) in [4.78, 5) is 28.7. The van der Waals surface area contributed by atoms with E-state index in [2.05, 4.69) is 10.3 Å². The Balaban J connectivity index is 1.88. The molecule has 0 atom stereocenters. The SMILES string of the molecule is Cc1cn2cc(C(=O)Nc3cc([N+](=O)[O-])ccc3C)nc2s1. The molecule has 1 N–H and O–H groups in total. The number of nitrogens with one attached hydrogen (secondary N) is 1. The van der Waals surface area contributed by atoms with E-state index in [9.17, 15) is 14.9 Å². The van der Waals surface area contributed by atoms with Crippen molar-refractivity contribution in [3.05, 3.63) is 56.8 Å². The second-order valence-electron chi connectivity index (χ2n) is 4.87. The van der Waals surface area contributed by atoms with Gasteiger partial charge in [0.1, 0.15) is 5.69 Å². The minimum absolute atomic E-state index is 0.0673. The van der Waals surface area contributed by atoms with Crippen molar-refractivity contribution in [1.29, 1.82) is 0 Å². The van der Waals surface area contributed by atoms with Crippen LogP contribution in [0, 0.1) is 24.0 Å². The van der Waals surface area contributed by atoms with E-state index in [1.165, 1.54) is 23.5 Å². The van der Waals surface area contributed by atoms with Crippen LogP contribution in [0.1, 0.15) is 20.9 Å². The fraction of sp³-hybridized carbons (Fsp3) is 0.143. The molecule has 8 heteroatoms. The number of hydrogen-bond acceptors (Lipinski definition) is 5. The number of anilines is 1. The zero-order valence-corrected chi connectivity index (χ0v) is 12.7. The Hall–Kier alpha value is -2.74. The number of nitro groups is 1. The molecule has 7 nitrogen and oxygen atoms in total. The molecule has 0 radical (unpaired) electrons. The van der Waals surface area contributed by atoms with Crippen LogP contribution in [0.2, 0.25) is 0 Å². The number of fused-ring (bicyclic) bond motifs is 1. The molecule has 0 aliphatic heterocycles. The normalized spacial score (nSPS) is 10.8. The lowest BCUT2D eigenvalue weighted by Crippen LogP contribution is -2.13. The summed E-state index contributed by atoms with van der Waals surface area (Å²) in [7, 11) is 0. The number of thiazole rings is 1. The number of rotatable bonds is 3. The number of aryl methyl sites for hydroxylation is 2. The van der Waals surface area contributed by atoms with Crippen LogP contribution >= 0.6 is 11.3 Å². The Kier molecular flexibility index (Phi) is 3.38. The van der Waals surface area contributed by atoms with Crippen molar-refractivity contribution in [1.82, 2.24) is 9.38 Å². The summed E-state index contributed by atoms with van der Waals surface area (Å²) in [5.74, 6) is -0.392. The summed E-state index contributed by atoms with van der Waals surface area (Å²) in [5, 5.41) is 13.5. The van der Waals surface area contributed by atoms with Gasteiger partial charge in [-0.2, -0.15) is 0 Å². The third kappa shape index (κ3) is 2.56. The smallest absolute Gasteiger partial charge is 0.275 e. The molecule has 0 spiro atoms. The molecule has 0 saturated carbocycles. The van der Waals surface area contributed by atoms with Gasteiger partial charge in [-0.15, -0.1) is 11.3 Å². The molecule has 1 amide bonds. The van der Waals surface area contributed by atoms with Crippen LogP contribution in [0.15, 0.2) is 30.6 Å². The number of benzene rings is 1. The summed E-state index contributed by atoms with van der Waals surface area (Å²) in [6.07, 6.45) is 3.53. The van der Waals surface area contributed by atoms with Gasteiger partial charge in [-0.05, 0) is 19.4 Å². The molecule has 22 heavy (non-hydrogen) atoms. The highest BCUT2D eigenvalue weighted by Gasteiger charge is 2.15. The quantitative estimate of drug-likeness (QED) is 0.593. The molecule has 0 aliphatic rings. The number of nitrogens with zero attached hydrogens (tertiary/aromatic N) is 3. The van der Waals surface area contributed by atoms with E-state index in [1.54, 1.807) is 23.6 Å². The molecule has 3 aromatic rings. The van der Waals surface area contributed by atoms with Gasteiger partial charge in [0.25, 0.3) is 11.6 Å². The summed E-state index contributed by atoms with van der Waals surface area (Å²) < 4.78 is 1.79. The van der Waals surface area contributed by atoms with Gasteiger partial charge in [-0.3, -0.25) is 19.3 Å². The highest BCUT2D eigenvalue weighted by Crippen LogP contribution is 2.23. The predicted octanol–water partition coefficient (Wildman–Crippen LogP) is 3.17. The van der Waals surface area contributed by atoms with E-state index < -0.39 is 10.8 Å². The Morgan fingerprint density at radius 1 is 1.36 bits per heavy atom. The highest BCUT2D eigenvalue weighted by atomic mass is 32.1. The van der Waals surface area contributed by atoms with Gasteiger partial charge >= 0.3 is 0 Å². The van der Waals surface area contributed by atoms with Gasteiger partial charge in [0, 0.05) is 29.4 Å². The molecule has 0 bridgehead atoms. The molecule has 2 heterocycles. The lowest BCUT2D eigenvalue weighted by atomic mass is 10.2. The van der Waals surface area contributed by atoms with Crippen molar-refractivity contribution in [3.63, 3.8) is 0 Å². The summed E-state index contributed by atoms with van der Waals surface area (Å²) >= 11 is 1.49. The second kappa shape index (κ2) is 5.23. The summed E-state index contributed by atoms with van der Waals surface area (Å²) in [5.41, 5.74) is 1.36. The first-order valence-corrected chi connectivity index (χ1v) is 7.27. The van der Waals surface area contributed by atoms with Crippen molar-refractivity contribution >= 4 is 33.6 Å². The molecule has 0 unspecified atom stereocenters. The van der Waals surface area contributed by atoms with Gasteiger partial charge in [-0.25, -0.2) is 4.98 Å². The second-order valence-corrected chi connectivity index (χ2v) is 6.08. The number of carbonyl (C=O) groups excluding carboxylic acids is 1. The molecule has 3 rings (SSSR count). The number of non-ortho nitro benzene ring substituents is 1. The number of aromatic nitrogens is 2. The van der Waals surface area contributed by atoms with E-state index in [-0.39, 0.29) is 11.4 Å². The van der Waals surface area contributed by atoms with Crippen molar-refractivity contribution in [2.24, 2.45) is 0 Å². The Morgan fingerprint density at radius 2 is 2.14 bits per heavy atom. The van der Waals surface area contributed by atoms with Crippen LogP contribution in [-0.2, 0) is 0 Å². The van der Waals surface area contributed by atoms with Gasteiger partial charge in [0.05, 0.1) is 10.6 Å². The van der Waals surface area contributed by atoms with E-state index in [0.29, 0.717) is 5.69 Å². The van der Waals surface area contributed by atoms with E-state index >= 15 is 0 Å². The van der Waals surface area contributed by atoms with Crippen LogP contribution in [0.25, 0.3) is 4.96 Å². The summed E-state index contributed by atoms with van der Waals surface area (Å²) in [6, 6.07) is 4.35. The minimum atomic E-state index is -0.496. The molecular formula is C14H12N4O3S. The number of amides is 1. The number of carbonyl (C=O) groups is 1. The Labute approximate surface area is 129 Å². The molecule has 112 valence electrons. The predicted molar refractivity (Wildman–Crippen MR) is 83.6 cm³/mol. The van der Waals surface area contributed by atoms with E-state index in [4.69, 9.17) is 0 Å². The topological polar surface area (TPSA) is 89.5 Å². The number of nitro benzene ring substituents is 1. The fourth-order valence-corrected chi connectivity index (χ4v) is 2.87. The zero-order chi connectivity index (χ0) is 15.9. The Morgan fingerprint density at radius 3 is 2.82 bits per heavy atom. The third-order valence-corrected chi connectivity index (χ3v) is 4.10. The van der Waals surface area contributed by atoms with Crippen molar-refractivity contribution in [3.8, 4) is 0 Å². The summed E-state index contributed by atoms with van der Waals surface area (Å²) in [6.45, 7) is 3.74. The van der Waals surface area contributed by atoms with Crippen molar-refractivity contribution < 1.29 is 9.72 Å². The molecule has 0 aliphatic carbocycles. The monoisotopic (exact) mass is 316 g/mol. The minimum Gasteiger partial charge on any atom is -0.320 e. The van der Waals surface area contributed by atoms with Crippen LogP contribution < -0.4 is 5.32 Å². The van der Waals surface area contributed by atoms with E-state index in [0.717, 1.165) is 15.4 Å². The average molecular weight is 316 g/mol. The molecule has 0 saturated heterocycles. The standard InChI is InChI=1S/C14H12N4O3S/c1-8-3-4-10(18(20)21)5-11(8)15-13(19)12-7-17-6-9(2)22-14(17)16-12/h3-7H,1-2H3,(H,15,19). The van der Waals surface area contributed by atoms with Gasteiger partial charge in [-0.1, -0.05) is 6.07 Å². The molecule has 2 aromatic heterocycles. The third-order valence-electron chi connectivity index (χ3n) is 3.18. The maximum atomic E-state index is 12.2. The lowest BCUT2D eigenvalue weighted by molar-refractivity contribution is -0.384. The number of imidazole rings is 1. The lowest BCUT2D eigenvalue weighted by Gasteiger charge is -2.06. The molecular weight excluding hydrogens is 304 g/mol. The molecule has 1 aromatic carbocycles.